The minimum atomic E-state index is 0.179. The van der Waals surface area contributed by atoms with Crippen molar-refractivity contribution in [2.45, 2.75) is 31.3 Å². The van der Waals surface area contributed by atoms with Gasteiger partial charge >= 0.3 is 0 Å². The number of hydrogen-bond donors (Lipinski definition) is 2. The lowest BCUT2D eigenvalue weighted by Gasteiger charge is -2.15. The topological polar surface area (TPSA) is 74.7 Å². The summed E-state index contributed by atoms with van der Waals surface area (Å²) in [6.07, 6.45) is 3.24. The molecule has 0 aliphatic heterocycles. The predicted octanol–water partition coefficient (Wildman–Crippen LogP) is 1.96. The summed E-state index contributed by atoms with van der Waals surface area (Å²) < 4.78 is 0. The molecule has 0 saturated heterocycles. The van der Waals surface area contributed by atoms with E-state index in [-0.39, 0.29) is 17.2 Å². The Morgan fingerprint density at radius 1 is 1.60 bits per heavy atom. The molecule has 0 aromatic carbocycles. The van der Waals surface area contributed by atoms with E-state index in [0.29, 0.717) is 10.0 Å². The maximum Gasteiger partial charge on any atom is 0.185 e. The lowest BCUT2D eigenvalue weighted by molar-refractivity contribution is 0.637. The first kappa shape index (κ1) is 10.7. The summed E-state index contributed by atoms with van der Waals surface area (Å²) in [5, 5.41) is 12.9. The first-order valence-electron chi connectivity index (χ1n) is 4.79. The first-order chi connectivity index (χ1) is 7.20. The third-order valence-corrected chi connectivity index (χ3v) is 3.84. The second kappa shape index (κ2) is 4.35. The van der Waals surface area contributed by atoms with Crippen LogP contribution in [0.25, 0.3) is 0 Å². The number of nitrogens with two attached hydrogens (primary N) is 1. The summed E-state index contributed by atoms with van der Waals surface area (Å²) in [7, 11) is 0. The third-order valence-electron chi connectivity index (χ3n) is 2.57. The number of nitrogens with one attached hydrogen (secondary N) is 1. The summed E-state index contributed by atoms with van der Waals surface area (Å²) in [5.74, 6) is 0. The van der Waals surface area contributed by atoms with Crippen molar-refractivity contribution in [3.8, 4) is 6.07 Å². The Labute approximate surface area is 97.1 Å². The molecule has 1 aliphatic rings. The van der Waals surface area contributed by atoms with Crippen molar-refractivity contribution >= 4 is 28.1 Å². The Hall–Kier alpha value is -0.830. The minimum absolute atomic E-state index is 0.179. The summed E-state index contributed by atoms with van der Waals surface area (Å²) >= 11 is 7.05. The highest BCUT2D eigenvalue weighted by Gasteiger charge is 2.24. The van der Waals surface area contributed by atoms with E-state index in [0.717, 1.165) is 19.3 Å². The third kappa shape index (κ3) is 2.23. The number of nitrogens with zero attached hydrogens (tertiary/aromatic N) is 2. The van der Waals surface area contributed by atoms with Crippen molar-refractivity contribution in [1.82, 2.24) is 4.98 Å². The molecule has 0 spiro atoms. The Morgan fingerprint density at radius 3 is 2.93 bits per heavy atom. The fraction of sp³-hybridized carbons (Fsp3) is 0.556. The van der Waals surface area contributed by atoms with Crippen LogP contribution in [-0.4, -0.2) is 17.1 Å². The average Bonchev–Trinajstić information content (AvgIpc) is 2.75. The highest BCUT2D eigenvalue weighted by atomic mass is 35.5. The lowest BCUT2D eigenvalue weighted by atomic mass is 10.2. The number of anilines is 1. The molecule has 3 N–H and O–H groups in total. The van der Waals surface area contributed by atoms with Crippen LogP contribution in [0.1, 0.15) is 24.1 Å². The van der Waals surface area contributed by atoms with Crippen molar-refractivity contribution < 1.29 is 0 Å². The molecular weight excluding hydrogens is 232 g/mol. The number of hydrogen-bond acceptors (Lipinski definition) is 5. The van der Waals surface area contributed by atoms with Gasteiger partial charge in [0.2, 0.25) is 0 Å². The molecule has 0 bridgehead atoms. The van der Waals surface area contributed by atoms with Gasteiger partial charge in [0.25, 0.3) is 0 Å². The maximum absolute atomic E-state index is 8.73. The van der Waals surface area contributed by atoms with Gasteiger partial charge < -0.3 is 11.1 Å². The van der Waals surface area contributed by atoms with Crippen LogP contribution in [0.2, 0.25) is 5.15 Å². The van der Waals surface area contributed by atoms with Gasteiger partial charge in [-0.3, -0.25) is 0 Å². The average molecular weight is 243 g/mol. The molecule has 1 saturated carbocycles. The quantitative estimate of drug-likeness (QED) is 0.832. The highest BCUT2D eigenvalue weighted by Crippen LogP contribution is 2.28. The van der Waals surface area contributed by atoms with E-state index in [1.165, 1.54) is 11.3 Å². The zero-order valence-corrected chi connectivity index (χ0v) is 9.61. The monoisotopic (exact) mass is 242 g/mol. The first-order valence-corrected chi connectivity index (χ1v) is 5.98. The molecule has 15 heavy (non-hydrogen) atoms. The van der Waals surface area contributed by atoms with Crippen molar-refractivity contribution in [2.75, 3.05) is 5.32 Å². The summed E-state index contributed by atoms with van der Waals surface area (Å²) in [5.41, 5.74) is 5.92. The van der Waals surface area contributed by atoms with E-state index in [4.69, 9.17) is 22.6 Å². The summed E-state index contributed by atoms with van der Waals surface area (Å²) in [6.45, 7) is 0. The summed E-state index contributed by atoms with van der Waals surface area (Å²) in [6, 6.07) is 2.45. The maximum atomic E-state index is 8.73. The highest BCUT2D eigenvalue weighted by molar-refractivity contribution is 7.16. The summed E-state index contributed by atoms with van der Waals surface area (Å²) in [4.78, 5) is 4.52. The number of rotatable bonds is 2. The van der Waals surface area contributed by atoms with E-state index in [1.807, 2.05) is 6.07 Å². The van der Waals surface area contributed by atoms with Crippen LogP contribution in [0, 0.1) is 11.3 Å². The van der Waals surface area contributed by atoms with Gasteiger partial charge in [0.05, 0.1) is 0 Å². The second-order valence-electron chi connectivity index (χ2n) is 3.60. The Kier molecular flexibility index (Phi) is 3.10. The van der Waals surface area contributed by atoms with E-state index in [9.17, 15) is 0 Å². The fourth-order valence-corrected chi connectivity index (χ4v) is 2.77. The normalized spacial score (nSPS) is 25.1. The second-order valence-corrected chi connectivity index (χ2v) is 4.95. The fourth-order valence-electron chi connectivity index (χ4n) is 1.76. The van der Waals surface area contributed by atoms with E-state index < -0.39 is 0 Å². The molecule has 4 nitrogen and oxygen atoms in total. The van der Waals surface area contributed by atoms with Crippen LogP contribution >= 0.6 is 22.9 Å². The number of aromatic nitrogens is 1. The van der Waals surface area contributed by atoms with Crippen LogP contribution in [0.5, 0.6) is 0 Å². The Balaban J connectivity index is 2.08. The molecule has 6 heteroatoms. The van der Waals surface area contributed by atoms with Gasteiger partial charge in [0.15, 0.2) is 10.3 Å². The van der Waals surface area contributed by atoms with E-state index in [1.54, 1.807) is 0 Å². The number of halogens is 1. The molecular formula is C9H11ClN4S. The number of thiazole rings is 1. The molecule has 2 atom stereocenters. The van der Waals surface area contributed by atoms with E-state index in [2.05, 4.69) is 10.3 Å². The standard InChI is InChI=1S/C9H11ClN4S/c10-8-7(4-11)15-9(14-8)13-6-3-1-2-5(6)12/h5-6H,1-3,12H2,(H,13,14). The Bertz CT molecular complexity index is 397. The molecule has 1 fully saturated rings. The molecule has 2 unspecified atom stereocenters. The van der Waals surface area contributed by atoms with Gasteiger partial charge in [0.1, 0.15) is 10.9 Å². The van der Waals surface area contributed by atoms with Crippen LogP contribution in [0.15, 0.2) is 0 Å². The molecule has 1 aliphatic carbocycles. The van der Waals surface area contributed by atoms with Gasteiger partial charge in [0, 0.05) is 12.1 Å². The SMILES string of the molecule is N#Cc1sc(NC2CCCC2N)nc1Cl. The largest absolute Gasteiger partial charge is 0.357 e. The van der Waals surface area contributed by atoms with Crippen LogP contribution < -0.4 is 11.1 Å². The zero-order chi connectivity index (χ0) is 10.8. The van der Waals surface area contributed by atoms with Gasteiger partial charge in [-0.05, 0) is 19.3 Å². The van der Waals surface area contributed by atoms with E-state index >= 15 is 0 Å². The molecule has 1 heterocycles. The van der Waals surface area contributed by atoms with Gasteiger partial charge in [-0.25, -0.2) is 4.98 Å². The van der Waals surface area contributed by atoms with Crippen molar-refractivity contribution in [2.24, 2.45) is 5.73 Å². The van der Waals surface area contributed by atoms with Crippen LogP contribution in [0.4, 0.5) is 5.13 Å². The number of nitriles is 1. The minimum Gasteiger partial charge on any atom is -0.357 e. The Morgan fingerprint density at radius 2 is 2.40 bits per heavy atom. The molecule has 1 aromatic rings. The molecule has 2 rings (SSSR count). The predicted molar refractivity (Wildman–Crippen MR) is 61.1 cm³/mol. The van der Waals surface area contributed by atoms with Crippen LogP contribution in [-0.2, 0) is 0 Å². The zero-order valence-electron chi connectivity index (χ0n) is 8.03. The van der Waals surface area contributed by atoms with Gasteiger partial charge in [-0.15, -0.1) is 0 Å². The molecule has 0 radical (unpaired) electrons. The van der Waals surface area contributed by atoms with Gasteiger partial charge in [-0.1, -0.05) is 22.9 Å². The van der Waals surface area contributed by atoms with Crippen LogP contribution in [0.3, 0.4) is 0 Å². The van der Waals surface area contributed by atoms with Crippen molar-refractivity contribution in [1.29, 1.82) is 5.26 Å². The smallest absolute Gasteiger partial charge is 0.185 e. The molecule has 0 amide bonds. The van der Waals surface area contributed by atoms with Crippen molar-refractivity contribution in [3.63, 3.8) is 0 Å². The lowest BCUT2D eigenvalue weighted by Crippen LogP contribution is -2.35. The van der Waals surface area contributed by atoms with Crippen molar-refractivity contribution in [3.05, 3.63) is 10.0 Å². The molecule has 1 aromatic heterocycles. The van der Waals surface area contributed by atoms with Gasteiger partial charge in [-0.2, -0.15) is 5.26 Å². The molecule has 80 valence electrons.